The van der Waals surface area contributed by atoms with Gasteiger partial charge in [-0.1, -0.05) is 31.2 Å². The van der Waals surface area contributed by atoms with E-state index in [1.807, 2.05) is 51.1 Å². The monoisotopic (exact) mass is 285 g/mol. The highest BCUT2D eigenvalue weighted by Crippen LogP contribution is 2.22. The van der Waals surface area contributed by atoms with Crippen molar-refractivity contribution in [3.8, 4) is 0 Å². The summed E-state index contributed by atoms with van der Waals surface area (Å²) in [5, 5.41) is 8.31. The van der Waals surface area contributed by atoms with Crippen molar-refractivity contribution in [2.24, 2.45) is 0 Å². The van der Waals surface area contributed by atoms with Crippen LogP contribution in [0, 0.1) is 0 Å². The minimum atomic E-state index is -0.233. The van der Waals surface area contributed by atoms with Gasteiger partial charge in [0.15, 0.2) is 0 Å². The summed E-state index contributed by atoms with van der Waals surface area (Å²) in [6, 6.07) is 9.80. The van der Waals surface area contributed by atoms with Crippen molar-refractivity contribution < 1.29 is 4.79 Å². The van der Waals surface area contributed by atoms with Crippen molar-refractivity contribution >= 4 is 22.5 Å². The zero-order chi connectivity index (χ0) is 15.5. The fourth-order valence-electron chi connectivity index (χ4n) is 2.08. The van der Waals surface area contributed by atoms with E-state index in [-0.39, 0.29) is 11.4 Å². The molecule has 2 N–H and O–H groups in total. The van der Waals surface area contributed by atoms with Gasteiger partial charge in [-0.3, -0.25) is 4.79 Å². The summed E-state index contributed by atoms with van der Waals surface area (Å²) in [5.41, 5.74) is 0.217. The second-order valence-corrected chi connectivity index (χ2v) is 5.80. The third-order valence-corrected chi connectivity index (χ3v) is 3.65. The molecular weight excluding hydrogens is 262 g/mol. The number of hydrogen-bond acceptors (Lipinski definition) is 3. The fraction of sp³-hybridized carbons (Fsp3) is 0.412. The van der Waals surface area contributed by atoms with Gasteiger partial charge in [0.25, 0.3) is 5.91 Å². The Hall–Kier alpha value is -2.10. The molecule has 0 aliphatic rings. The van der Waals surface area contributed by atoms with Gasteiger partial charge in [-0.2, -0.15) is 0 Å². The van der Waals surface area contributed by atoms with Crippen LogP contribution >= 0.6 is 0 Å². The number of aromatic nitrogens is 1. The molecule has 0 aliphatic heterocycles. The van der Waals surface area contributed by atoms with E-state index in [0.29, 0.717) is 5.69 Å². The Bertz CT molecular complexity index is 650. The zero-order valence-corrected chi connectivity index (χ0v) is 13.2. The number of carbonyl (C=O) groups is 1. The molecule has 0 bridgehead atoms. The number of hydrogen-bond donors (Lipinski definition) is 2. The molecule has 0 radical (unpaired) electrons. The van der Waals surface area contributed by atoms with Gasteiger partial charge in [0.05, 0.1) is 0 Å². The van der Waals surface area contributed by atoms with Gasteiger partial charge in [-0.05, 0) is 38.6 Å². The highest BCUT2D eigenvalue weighted by atomic mass is 16.2. The molecule has 2 rings (SSSR count). The van der Waals surface area contributed by atoms with E-state index in [1.54, 1.807) is 0 Å². The van der Waals surface area contributed by atoms with Crippen molar-refractivity contribution in [3.05, 3.63) is 36.0 Å². The lowest BCUT2D eigenvalue weighted by molar-refractivity contribution is 0.0906. The molecule has 112 valence electrons. The summed E-state index contributed by atoms with van der Waals surface area (Å²) in [6.45, 7) is 8.86. The molecule has 0 saturated carbocycles. The molecule has 0 saturated heterocycles. The first-order chi connectivity index (χ1) is 9.96. The Balaban J connectivity index is 2.42. The average Bonchev–Trinajstić information content (AvgIpc) is 2.47. The molecule has 1 aromatic heterocycles. The van der Waals surface area contributed by atoms with E-state index >= 15 is 0 Å². The number of pyridine rings is 1. The molecule has 1 aromatic carbocycles. The number of benzene rings is 1. The van der Waals surface area contributed by atoms with Crippen LogP contribution in [0.4, 0.5) is 5.82 Å². The second kappa shape index (κ2) is 6.12. The molecular formula is C17H23N3O. The maximum Gasteiger partial charge on any atom is 0.270 e. The van der Waals surface area contributed by atoms with Crippen LogP contribution < -0.4 is 10.6 Å². The van der Waals surface area contributed by atoms with Crippen LogP contribution in [0.15, 0.2) is 30.3 Å². The lowest BCUT2D eigenvalue weighted by atomic mass is 10.0. The van der Waals surface area contributed by atoms with E-state index in [2.05, 4.69) is 22.5 Å². The predicted octanol–water partition coefficient (Wildman–Crippen LogP) is 3.59. The summed E-state index contributed by atoms with van der Waals surface area (Å²) in [6.07, 6.45) is 0.867. The average molecular weight is 285 g/mol. The lowest BCUT2D eigenvalue weighted by Gasteiger charge is -2.24. The van der Waals surface area contributed by atoms with Gasteiger partial charge in [-0.25, -0.2) is 4.98 Å². The minimum absolute atomic E-state index is 0.133. The number of nitrogens with zero attached hydrogens (tertiary/aromatic N) is 1. The van der Waals surface area contributed by atoms with Crippen LogP contribution in [0.25, 0.3) is 10.8 Å². The lowest BCUT2D eigenvalue weighted by Crippen LogP contribution is -2.43. The zero-order valence-electron chi connectivity index (χ0n) is 13.2. The molecule has 0 spiro atoms. The van der Waals surface area contributed by atoms with Crippen LogP contribution in [0.1, 0.15) is 44.6 Å². The Labute approximate surface area is 126 Å². The first kappa shape index (κ1) is 15.3. The standard InChI is InChI=1S/C17H23N3O/c1-5-17(3,4)20-16(21)14-11-12-9-7-8-10-13(12)15(19-14)18-6-2/h7-11H,5-6H2,1-4H3,(H,18,19)(H,20,21). The Morgan fingerprint density at radius 2 is 1.95 bits per heavy atom. The molecule has 1 amide bonds. The molecule has 4 nitrogen and oxygen atoms in total. The van der Waals surface area contributed by atoms with E-state index in [0.717, 1.165) is 29.6 Å². The van der Waals surface area contributed by atoms with E-state index in [9.17, 15) is 4.79 Å². The van der Waals surface area contributed by atoms with Gasteiger partial charge in [0.1, 0.15) is 11.5 Å². The van der Waals surface area contributed by atoms with E-state index in [4.69, 9.17) is 0 Å². The minimum Gasteiger partial charge on any atom is -0.370 e. The third-order valence-electron chi connectivity index (χ3n) is 3.65. The molecule has 0 atom stereocenters. The number of amides is 1. The van der Waals surface area contributed by atoms with Crippen molar-refractivity contribution in [1.29, 1.82) is 0 Å². The van der Waals surface area contributed by atoms with Gasteiger partial charge in [0, 0.05) is 17.5 Å². The second-order valence-electron chi connectivity index (χ2n) is 5.80. The number of rotatable bonds is 5. The maximum absolute atomic E-state index is 12.4. The third kappa shape index (κ3) is 3.51. The SMILES string of the molecule is CCNc1nc(C(=O)NC(C)(C)CC)cc2ccccc12. The summed E-state index contributed by atoms with van der Waals surface area (Å²) in [4.78, 5) is 16.9. The van der Waals surface area contributed by atoms with Crippen molar-refractivity contribution in [3.63, 3.8) is 0 Å². The van der Waals surface area contributed by atoms with Crippen LogP contribution in [0.2, 0.25) is 0 Å². The molecule has 21 heavy (non-hydrogen) atoms. The molecule has 0 fully saturated rings. The van der Waals surface area contributed by atoms with Gasteiger partial charge >= 0.3 is 0 Å². The van der Waals surface area contributed by atoms with Crippen LogP contribution in [0.5, 0.6) is 0 Å². The van der Waals surface area contributed by atoms with Crippen molar-refractivity contribution in [2.45, 2.75) is 39.7 Å². The number of anilines is 1. The van der Waals surface area contributed by atoms with Gasteiger partial charge in [-0.15, -0.1) is 0 Å². The molecule has 2 aromatic rings. The van der Waals surface area contributed by atoms with Crippen LogP contribution in [-0.2, 0) is 0 Å². The molecule has 0 unspecified atom stereocenters. The smallest absolute Gasteiger partial charge is 0.270 e. The summed E-state index contributed by atoms with van der Waals surface area (Å²) in [7, 11) is 0. The van der Waals surface area contributed by atoms with Crippen molar-refractivity contribution in [1.82, 2.24) is 10.3 Å². The number of fused-ring (bicyclic) bond motifs is 1. The fourth-order valence-corrected chi connectivity index (χ4v) is 2.08. The highest BCUT2D eigenvalue weighted by molar-refractivity contribution is 6.00. The highest BCUT2D eigenvalue weighted by Gasteiger charge is 2.20. The molecule has 0 aliphatic carbocycles. The summed E-state index contributed by atoms with van der Waals surface area (Å²) < 4.78 is 0. The van der Waals surface area contributed by atoms with E-state index in [1.165, 1.54) is 0 Å². The maximum atomic E-state index is 12.4. The first-order valence-corrected chi connectivity index (χ1v) is 7.43. The summed E-state index contributed by atoms with van der Waals surface area (Å²) >= 11 is 0. The van der Waals surface area contributed by atoms with Crippen molar-refractivity contribution in [2.75, 3.05) is 11.9 Å². The Kier molecular flexibility index (Phi) is 4.46. The quantitative estimate of drug-likeness (QED) is 0.882. The largest absolute Gasteiger partial charge is 0.370 e. The van der Waals surface area contributed by atoms with Gasteiger partial charge in [0.2, 0.25) is 0 Å². The number of carbonyl (C=O) groups excluding carboxylic acids is 1. The Morgan fingerprint density at radius 1 is 1.24 bits per heavy atom. The predicted molar refractivity (Wildman–Crippen MR) is 87.7 cm³/mol. The van der Waals surface area contributed by atoms with E-state index < -0.39 is 0 Å². The Morgan fingerprint density at radius 3 is 2.62 bits per heavy atom. The normalized spacial score (nSPS) is 11.4. The van der Waals surface area contributed by atoms with Crippen LogP contribution in [0.3, 0.4) is 0 Å². The van der Waals surface area contributed by atoms with Crippen LogP contribution in [-0.4, -0.2) is 23.0 Å². The first-order valence-electron chi connectivity index (χ1n) is 7.43. The summed E-state index contributed by atoms with van der Waals surface area (Å²) in [5.74, 6) is 0.627. The molecule has 1 heterocycles. The molecule has 4 heteroatoms. The van der Waals surface area contributed by atoms with Gasteiger partial charge < -0.3 is 10.6 Å². The topological polar surface area (TPSA) is 54.0 Å². The number of nitrogens with one attached hydrogen (secondary N) is 2.